The summed E-state index contributed by atoms with van der Waals surface area (Å²) >= 11 is 5.48. The molecule has 1 rings (SSSR count). The summed E-state index contributed by atoms with van der Waals surface area (Å²) in [6.45, 7) is 0. The third-order valence-electron chi connectivity index (χ3n) is 1.51. The van der Waals surface area contributed by atoms with Gasteiger partial charge in [0.05, 0.1) is 5.02 Å². The molecule has 66 valence electrons. The van der Waals surface area contributed by atoms with Gasteiger partial charge >= 0.3 is 7.12 Å². The molecule has 0 unspecified atom stereocenters. The van der Waals surface area contributed by atoms with Crippen LogP contribution in [0, 0.1) is 17.1 Å². The molecule has 0 spiro atoms. The van der Waals surface area contributed by atoms with Crippen LogP contribution in [0.15, 0.2) is 12.1 Å². The third kappa shape index (κ3) is 1.81. The van der Waals surface area contributed by atoms with E-state index in [1.807, 2.05) is 0 Å². The molecule has 6 heteroatoms. The molecule has 3 nitrogen and oxygen atoms in total. The zero-order valence-corrected chi connectivity index (χ0v) is 7.09. The van der Waals surface area contributed by atoms with Gasteiger partial charge in [0.15, 0.2) is 0 Å². The van der Waals surface area contributed by atoms with Crippen LogP contribution < -0.4 is 5.46 Å². The Bertz CT molecular complexity index is 377. The molecule has 0 saturated heterocycles. The van der Waals surface area contributed by atoms with Gasteiger partial charge in [-0.3, -0.25) is 0 Å². The van der Waals surface area contributed by atoms with Crippen molar-refractivity contribution < 1.29 is 14.4 Å². The van der Waals surface area contributed by atoms with E-state index in [-0.39, 0.29) is 16.0 Å². The lowest BCUT2D eigenvalue weighted by molar-refractivity contribution is 0.423. The Hall–Kier alpha value is -1.09. The summed E-state index contributed by atoms with van der Waals surface area (Å²) in [5, 5.41) is 25.8. The van der Waals surface area contributed by atoms with Crippen LogP contribution in [0.2, 0.25) is 5.02 Å². The first-order chi connectivity index (χ1) is 6.07. The molecule has 0 bridgehead atoms. The van der Waals surface area contributed by atoms with Crippen molar-refractivity contribution >= 4 is 24.2 Å². The molecule has 0 heterocycles. The van der Waals surface area contributed by atoms with E-state index in [9.17, 15) is 4.39 Å². The Labute approximate surface area is 79.1 Å². The van der Waals surface area contributed by atoms with Crippen LogP contribution in [0.3, 0.4) is 0 Å². The molecule has 0 aliphatic rings. The van der Waals surface area contributed by atoms with Crippen molar-refractivity contribution in [1.82, 2.24) is 0 Å². The van der Waals surface area contributed by atoms with E-state index in [4.69, 9.17) is 26.9 Å². The quantitative estimate of drug-likeness (QED) is 0.627. The van der Waals surface area contributed by atoms with Crippen LogP contribution in [-0.2, 0) is 0 Å². The largest absolute Gasteiger partial charge is 0.491 e. The van der Waals surface area contributed by atoms with Gasteiger partial charge in [-0.1, -0.05) is 17.7 Å². The first-order valence-corrected chi connectivity index (χ1v) is 3.70. The maximum atomic E-state index is 13.2. The van der Waals surface area contributed by atoms with Crippen LogP contribution >= 0.6 is 11.6 Å². The third-order valence-corrected chi connectivity index (χ3v) is 1.83. The normalized spacial score (nSPS) is 9.46. The second kappa shape index (κ2) is 3.75. The minimum absolute atomic E-state index is 0.0515. The molecule has 0 aromatic heterocycles. The molecular formula is C7H4BClFNO2. The number of hydrogen-bond acceptors (Lipinski definition) is 3. The van der Waals surface area contributed by atoms with Crippen molar-refractivity contribution in [3.05, 3.63) is 28.5 Å². The Balaban J connectivity index is 3.38. The van der Waals surface area contributed by atoms with E-state index in [0.717, 1.165) is 6.07 Å². The van der Waals surface area contributed by atoms with Gasteiger partial charge in [0.1, 0.15) is 17.4 Å². The Morgan fingerprint density at radius 2 is 2.08 bits per heavy atom. The first kappa shape index (κ1) is 10.00. The Kier molecular flexibility index (Phi) is 2.88. The zero-order chi connectivity index (χ0) is 10.0. The zero-order valence-electron chi connectivity index (χ0n) is 6.33. The number of hydrogen-bond donors (Lipinski definition) is 2. The van der Waals surface area contributed by atoms with Crippen LogP contribution in [0.4, 0.5) is 4.39 Å². The molecule has 0 fully saturated rings. The highest BCUT2D eigenvalue weighted by atomic mass is 35.5. The molecule has 0 radical (unpaired) electrons. The van der Waals surface area contributed by atoms with E-state index in [1.165, 1.54) is 12.1 Å². The van der Waals surface area contributed by atoms with Gasteiger partial charge in [-0.05, 0) is 6.07 Å². The van der Waals surface area contributed by atoms with Crippen molar-refractivity contribution in [2.45, 2.75) is 0 Å². The van der Waals surface area contributed by atoms with Crippen molar-refractivity contribution in [3.8, 4) is 6.07 Å². The van der Waals surface area contributed by atoms with Crippen molar-refractivity contribution in [1.29, 1.82) is 5.26 Å². The van der Waals surface area contributed by atoms with Crippen LogP contribution in [0.25, 0.3) is 0 Å². The van der Waals surface area contributed by atoms with Crippen molar-refractivity contribution in [2.24, 2.45) is 0 Å². The van der Waals surface area contributed by atoms with E-state index < -0.39 is 12.9 Å². The molecule has 13 heavy (non-hydrogen) atoms. The van der Waals surface area contributed by atoms with E-state index in [2.05, 4.69) is 0 Å². The van der Waals surface area contributed by atoms with Gasteiger partial charge < -0.3 is 10.0 Å². The lowest BCUT2D eigenvalue weighted by atomic mass is 9.79. The summed E-state index contributed by atoms with van der Waals surface area (Å²) in [5.41, 5.74) is -0.742. The molecule has 0 saturated carbocycles. The van der Waals surface area contributed by atoms with Gasteiger partial charge in [-0.2, -0.15) is 5.26 Å². The monoisotopic (exact) mass is 199 g/mol. The average molecular weight is 199 g/mol. The predicted molar refractivity (Wildman–Crippen MR) is 46.0 cm³/mol. The highest BCUT2D eigenvalue weighted by Crippen LogP contribution is 2.16. The number of halogens is 2. The number of nitriles is 1. The van der Waals surface area contributed by atoms with Crippen LogP contribution in [-0.4, -0.2) is 17.2 Å². The van der Waals surface area contributed by atoms with Gasteiger partial charge in [-0.25, -0.2) is 4.39 Å². The smallest absolute Gasteiger partial charge is 0.423 e. The summed E-state index contributed by atoms with van der Waals surface area (Å²) < 4.78 is 13.2. The standard InChI is InChI=1S/C7H4BClFNO2/c9-6-2-1-5(8(12)13)7(10)4(6)3-11/h1-2,12-13H. The molecule has 0 atom stereocenters. The highest BCUT2D eigenvalue weighted by molar-refractivity contribution is 6.58. The predicted octanol–water partition coefficient (Wildman–Crippen LogP) is 0.0306. The summed E-state index contributed by atoms with van der Waals surface area (Å²) in [4.78, 5) is 0. The fraction of sp³-hybridized carbons (Fsp3) is 0. The van der Waals surface area contributed by atoms with Gasteiger partial charge in [0.2, 0.25) is 0 Å². The fourth-order valence-corrected chi connectivity index (χ4v) is 1.06. The second-order valence-corrected chi connectivity index (χ2v) is 2.72. The van der Waals surface area contributed by atoms with Gasteiger partial charge in [0.25, 0.3) is 0 Å². The molecule has 2 N–H and O–H groups in total. The SMILES string of the molecule is N#Cc1c(Cl)ccc(B(O)O)c1F. The minimum atomic E-state index is -1.94. The molecule has 0 aliphatic heterocycles. The lowest BCUT2D eigenvalue weighted by Crippen LogP contribution is -2.33. The van der Waals surface area contributed by atoms with Crippen LogP contribution in [0.1, 0.15) is 5.56 Å². The molecule has 0 aliphatic carbocycles. The maximum absolute atomic E-state index is 13.2. The molecule has 1 aromatic rings. The number of benzene rings is 1. The van der Waals surface area contributed by atoms with E-state index >= 15 is 0 Å². The van der Waals surface area contributed by atoms with Crippen molar-refractivity contribution in [3.63, 3.8) is 0 Å². The average Bonchev–Trinajstić information content (AvgIpc) is 2.04. The summed E-state index contributed by atoms with van der Waals surface area (Å²) in [5.74, 6) is -0.995. The van der Waals surface area contributed by atoms with Gasteiger partial charge in [-0.15, -0.1) is 0 Å². The molecule has 1 aromatic carbocycles. The number of nitrogens with zero attached hydrogens (tertiary/aromatic N) is 1. The fourth-order valence-electron chi connectivity index (χ4n) is 0.871. The minimum Gasteiger partial charge on any atom is -0.423 e. The number of rotatable bonds is 1. The maximum Gasteiger partial charge on any atom is 0.491 e. The summed E-state index contributed by atoms with van der Waals surface area (Å²) in [7, 11) is -1.94. The topological polar surface area (TPSA) is 64.2 Å². The summed E-state index contributed by atoms with van der Waals surface area (Å²) in [6, 6.07) is 3.88. The first-order valence-electron chi connectivity index (χ1n) is 3.32. The van der Waals surface area contributed by atoms with Gasteiger partial charge in [0, 0.05) is 5.46 Å². The van der Waals surface area contributed by atoms with E-state index in [0.29, 0.717) is 0 Å². The molecule has 0 amide bonds. The van der Waals surface area contributed by atoms with Crippen molar-refractivity contribution in [2.75, 3.05) is 0 Å². The molecular weight excluding hydrogens is 195 g/mol. The highest BCUT2D eigenvalue weighted by Gasteiger charge is 2.20. The Morgan fingerprint density at radius 3 is 2.54 bits per heavy atom. The van der Waals surface area contributed by atoms with E-state index in [1.54, 1.807) is 0 Å². The Morgan fingerprint density at radius 1 is 1.46 bits per heavy atom. The van der Waals surface area contributed by atoms with Crippen LogP contribution in [0.5, 0.6) is 0 Å². The summed E-state index contributed by atoms with van der Waals surface area (Å²) in [6.07, 6.45) is 0. The second-order valence-electron chi connectivity index (χ2n) is 2.31. The lowest BCUT2D eigenvalue weighted by Gasteiger charge is -2.03.